The van der Waals surface area contributed by atoms with E-state index in [1.54, 1.807) is 4.52 Å². The fraction of sp³-hybridized carbons (Fsp3) is 0.429. The van der Waals surface area contributed by atoms with Crippen molar-refractivity contribution in [2.45, 2.75) is 47.2 Å². The minimum Gasteiger partial charge on any atom is -0.352 e. The van der Waals surface area contributed by atoms with Gasteiger partial charge in [-0.15, -0.1) is 0 Å². The molecule has 0 spiro atoms. The molecule has 148 valence electrons. The number of aromatic nitrogens is 4. The largest absolute Gasteiger partial charge is 0.352 e. The molecule has 7 nitrogen and oxygen atoms in total. The van der Waals surface area contributed by atoms with Gasteiger partial charge in [-0.2, -0.15) is 10.1 Å². The first-order valence-electron chi connectivity index (χ1n) is 9.86. The van der Waals surface area contributed by atoms with Crippen LogP contribution in [-0.2, 0) is 24.3 Å². The number of nitrogens with one attached hydrogen (secondary N) is 2. The third kappa shape index (κ3) is 4.36. The number of fused-ring (bicyclic) bond motifs is 1. The van der Waals surface area contributed by atoms with Crippen LogP contribution >= 0.6 is 0 Å². The molecule has 3 rings (SSSR count). The highest BCUT2D eigenvalue weighted by atomic mass is 16.1. The maximum atomic E-state index is 12.6. The summed E-state index contributed by atoms with van der Waals surface area (Å²) in [5.74, 6) is 0.546. The highest BCUT2D eigenvalue weighted by molar-refractivity contribution is 5.79. The van der Waals surface area contributed by atoms with Gasteiger partial charge in [-0.05, 0) is 33.3 Å². The van der Waals surface area contributed by atoms with Crippen LogP contribution in [-0.4, -0.2) is 38.6 Å². The van der Waals surface area contributed by atoms with E-state index >= 15 is 0 Å². The van der Waals surface area contributed by atoms with E-state index < -0.39 is 0 Å². The molecule has 0 saturated heterocycles. The molecule has 0 bridgehead atoms. The smallest absolute Gasteiger partial charge is 0.252 e. The molecule has 0 fully saturated rings. The fourth-order valence-corrected chi connectivity index (χ4v) is 3.50. The summed E-state index contributed by atoms with van der Waals surface area (Å²) < 4.78 is 1.68. The Morgan fingerprint density at radius 3 is 2.57 bits per heavy atom. The Morgan fingerprint density at radius 1 is 1.14 bits per heavy atom. The van der Waals surface area contributed by atoms with Crippen LogP contribution in [0, 0.1) is 13.8 Å². The molecule has 2 heterocycles. The quantitative estimate of drug-likeness (QED) is 0.611. The van der Waals surface area contributed by atoms with Gasteiger partial charge in [0, 0.05) is 29.1 Å². The first-order valence-corrected chi connectivity index (χ1v) is 9.86. The Morgan fingerprint density at radius 2 is 1.86 bits per heavy atom. The van der Waals surface area contributed by atoms with Gasteiger partial charge in [-0.1, -0.05) is 24.3 Å². The van der Waals surface area contributed by atoms with Crippen LogP contribution in [0.15, 0.2) is 30.6 Å². The topological polar surface area (TPSA) is 76.6 Å². The van der Waals surface area contributed by atoms with Crippen molar-refractivity contribution in [2.75, 3.05) is 13.1 Å². The summed E-state index contributed by atoms with van der Waals surface area (Å²) in [6.07, 6.45) is 1.76. The second-order valence-corrected chi connectivity index (χ2v) is 7.09. The van der Waals surface area contributed by atoms with E-state index in [1.807, 2.05) is 19.9 Å². The minimum absolute atomic E-state index is 0.0162. The average Bonchev–Trinajstić information content (AvgIpc) is 3.17. The Balaban J connectivity index is 1.69. The van der Waals surface area contributed by atoms with Gasteiger partial charge in [-0.3, -0.25) is 4.79 Å². The monoisotopic (exact) mass is 381 g/mol. The number of hydrogen-bond acceptors (Lipinski definition) is 4. The lowest BCUT2D eigenvalue weighted by atomic mass is 10.1. The number of hydrogen-bond donors (Lipinski definition) is 2. The first-order chi connectivity index (χ1) is 13.5. The maximum Gasteiger partial charge on any atom is 0.252 e. The summed E-state index contributed by atoms with van der Waals surface area (Å²) in [6, 6.07) is 8.34. The number of benzene rings is 1. The fourth-order valence-electron chi connectivity index (χ4n) is 3.50. The van der Waals surface area contributed by atoms with Crippen molar-refractivity contribution >= 4 is 11.7 Å². The van der Waals surface area contributed by atoms with Crippen molar-refractivity contribution in [3.63, 3.8) is 0 Å². The van der Waals surface area contributed by atoms with Gasteiger partial charge in [0.1, 0.15) is 12.9 Å². The lowest BCUT2D eigenvalue weighted by Gasteiger charge is -2.18. The number of amides is 1. The van der Waals surface area contributed by atoms with E-state index in [0.717, 1.165) is 36.6 Å². The molecule has 0 aliphatic heterocycles. The predicted octanol–water partition coefficient (Wildman–Crippen LogP) is 1.02. The van der Waals surface area contributed by atoms with E-state index in [0.29, 0.717) is 12.3 Å². The zero-order valence-electron chi connectivity index (χ0n) is 17.1. The Labute approximate surface area is 165 Å². The van der Waals surface area contributed by atoms with E-state index in [2.05, 4.69) is 52.4 Å². The van der Waals surface area contributed by atoms with Crippen molar-refractivity contribution < 1.29 is 9.69 Å². The SMILES string of the molecule is CC[NH+](CC)Cc1ccccc1CNC(=O)Cc1c(C)nc2ncnn2c1C. The summed E-state index contributed by atoms with van der Waals surface area (Å²) in [5.41, 5.74) is 5.09. The highest BCUT2D eigenvalue weighted by Gasteiger charge is 2.15. The van der Waals surface area contributed by atoms with Gasteiger partial charge in [0.25, 0.3) is 5.78 Å². The molecular formula is C21H29N6O+. The standard InChI is InChI=1S/C21H28N6O/c1-5-26(6-2)13-18-10-8-7-9-17(18)12-22-20(28)11-19-15(3)25-21-23-14-24-27(21)16(19)4/h7-10,14H,5-6,11-13H2,1-4H3,(H,22,28)/p+1. The molecule has 1 aromatic carbocycles. The Hall–Kier alpha value is -2.80. The van der Waals surface area contributed by atoms with Crippen LogP contribution in [0.5, 0.6) is 0 Å². The summed E-state index contributed by atoms with van der Waals surface area (Å²) in [4.78, 5) is 22.7. The minimum atomic E-state index is -0.0162. The number of quaternary nitrogens is 1. The van der Waals surface area contributed by atoms with Crippen molar-refractivity contribution in [1.82, 2.24) is 24.9 Å². The van der Waals surface area contributed by atoms with Crippen LogP contribution in [0.1, 0.15) is 41.9 Å². The number of aryl methyl sites for hydroxylation is 2. The molecule has 2 N–H and O–H groups in total. The lowest BCUT2D eigenvalue weighted by Crippen LogP contribution is -3.10. The lowest BCUT2D eigenvalue weighted by molar-refractivity contribution is -0.910. The van der Waals surface area contributed by atoms with Gasteiger partial charge < -0.3 is 10.2 Å². The van der Waals surface area contributed by atoms with E-state index in [4.69, 9.17) is 0 Å². The second kappa shape index (κ2) is 8.93. The number of rotatable bonds is 8. The van der Waals surface area contributed by atoms with Gasteiger partial charge in [-0.25, -0.2) is 9.50 Å². The zero-order chi connectivity index (χ0) is 20.1. The van der Waals surface area contributed by atoms with Crippen LogP contribution in [0.25, 0.3) is 5.78 Å². The number of carbonyl (C=O) groups excluding carboxylic acids is 1. The second-order valence-electron chi connectivity index (χ2n) is 7.09. The van der Waals surface area contributed by atoms with Crippen molar-refractivity contribution in [2.24, 2.45) is 0 Å². The summed E-state index contributed by atoms with van der Waals surface area (Å²) in [7, 11) is 0. The van der Waals surface area contributed by atoms with Crippen molar-refractivity contribution in [3.05, 3.63) is 58.7 Å². The molecule has 7 heteroatoms. The molecule has 1 amide bonds. The molecule has 0 saturated carbocycles. The molecule has 0 aliphatic rings. The third-order valence-corrected chi connectivity index (χ3v) is 5.36. The molecule has 28 heavy (non-hydrogen) atoms. The first kappa shape index (κ1) is 19.9. The zero-order valence-corrected chi connectivity index (χ0v) is 17.1. The summed E-state index contributed by atoms with van der Waals surface area (Å²) in [6.45, 7) is 12.0. The van der Waals surface area contributed by atoms with E-state index in [-0.39, 0.29) is 12.3 Å². The van der Waals surface area contributed by atoms with Crippen LogP contribution in [0.3, 0.4) is 0 Å². The highest BCUT2D eigenvalue weighted by Crippen LogP contribution is 2.14. The molecule has 0 unspecified atom stereocenters. The molecular weight excluding hydrogens is 352 g/mol. The van der Waals surface area contributed by atoms with Crippen molar-refractivity contribution in [1.29, 1.82) is 0 Å². The van der Waals surface area contributed by atoms with Gasteiger partial charge in [0.2, 0.25) is 5.91 Å². The third-order valence-electron chi connectivity index (χ3n) is 5.36. The maximum absolute atomic E-state index is 12.6. The predicted molar refractivity (Wildman–Crippen MR) is 108 cm³/mol. The molecule has 0 aliphatic carbocycles. The summed E-state index contributed by atoms with van der Waals surface area (Å²) in [5, 5.41) is 7.26. The number of carbonyl (C=O) groups is 1. The van der Waals surface area contributed by atoms with Crippen molar-refractivity contribution in [3.8, 4) is 0 Å². The summed E-state index contributed by atoms with van der Waals surface area (Å²) >= 11 is 0. The van der Waals surface area contributed by atoms with Gasteiger partial charge in [0.15, 0.2) is 0 Å². The molecule has 0 atom stereocenters. The van der Waals surface area contributed by atoms with Gasteiger partial charge in [0.05, 0.1) is 19.5 Å². The molecule has 3 aromatic rings. The van der Waals surface area contributed by atoms with Crippen LogP contribution in [0.4, 0.5) is 0 Å². The number of nitrogens with zero attached hydrogens (tertiary/aromatic N) is 4. The van der Waals surface area contributed by atoms with E-state index in [1.165, 1.54) is 22.4 Å². The van der Waals surface area contributed by atoms with E-state index in [9.17, 15) is 4.79 Å². The Bertz CT molecular complexity index is 961. The Kier molecular flexibility index (Phi) is 6.36. The van der Waals surface area contributed by atoms with Crippen LogP contribution in [0.2, 0.25) is 0 Å². The van der Waals surface area contributed by atoms with Crippen LogP contribution < -0.4 is 10.2 Å². The molecule has 0 radical (unpaired) electrons. The average molecular weight is 382 g/mol. The normalized spacial score (nSPS) is 11.3. The van der Waals surface area contributed by atoms with Gasteiger partial charge >= 0.3 is 0 Å². The molecule has 2 aromatic heterocycles.